The van der Waals surface area contributed by atoms with Gasteiger partial charge in [-0.1, -0.05) is 30.3 Å². The summed E-state index contributed by atoms with van der Waals surface area (Å²) in [7, 11) is 0. The Hall–Kier alpha value is -2.53. The summed E-state index contributed by atoms with van der Waals surface area (Å²) < 4.78 is 5.70. The number of carbonyl (C=O) groups excluding carboxylic acids is 1. The molecule has 2 aliphatic heterocycles. The molecule has 0 atom stereocenters. The van der Waals surface area contributed by atoms with Crippen molar-refractivity contribution in [2.75, 3.05) is 42.6 Å². The molecule has 0 aromatic heterocycles. The van der Waals surface area contributed by atoms with Crippen molar-refractivity contribution >= 4 is 17.3 Å². The first-order chi connectivity index (χ1) is 11.8. The zero-order chi connectivity index (χ0) is 16.4. The number of carbonyl (C=O) groups is 1. The number of anilines is 2. The van der Waals surface area contributed by atoms with Gasteiger partial charge in [0, 0.05) is 37.9 Å². The van der Waals surface area contributed by atoms with Crippen molar-refractivity contribution in [3.63, 3.8) is 0 Å². The van der Waals surface area contributed by atoms with E-state index in [1.165, 1.54) is 0 Å². The molecule has 5 nitrogen and oxygen atoms in total. The molecule has 0 unspecified atom stereocenters. The molecule has 2 aromatic carbocycles. The van der Waals surface area contributed by atoms with Crippen LogP contribution >= 0.6 is 0 Å². The lowest BCUT2D eigenvalue weighted by atomic mass is 10.1. The lowest BCUT2D eigenvalue weighted by Crippen LogP contribution is -2.43. The standard InChI is InChI=1S/C19H21N3O2/c23-19-14-24-18-12-16(21-10-8-20-9-11-21)6-7-17(18)22(19)13-15-4-2-1-3-5-15/h1-7,12,20H,8-11,13-14H2. The predicted molar refractivity (Wildman–Crippen MR) is 94.7 cm³/mol. The van der Waals surface area contributed by atoms with Gasteiger partial charge in [-0.15, -0.1) is 0 Å². The van der Waals surface area contributed by atoms with Crippen molar-refractivity contribution in [1.29, 1.82) is 0 Å². The number of ether oxygens (including phenoxy) is 1. The number of nitrogens with one attached hydrogen (secondary N) is 1. The molecule has 124 valence electrons. The molecule has 1 saturated heterocycles. The number of hydrogen-bond donors (Lipinski definition) is 1. The third kappa shape index (κ3) is 2.95. The molecule has 24 heavy (non-hydrogen) atoms. The monoisotopic (exact) mass is 323 g/mol. The Morgan fingerprint density at radius 2 is 1.83 bits per heavy atom. The van der Waals surface area contributed by atoms with Gasteiger partial charge in [0.2, 0.25) is 0 Å². The SMILES string of the molecule is O=C1COc2cc(N3CCNCC3)ccc2N1Cc1ccccc1. The molecule has 0 radical (unpaired) electrons. The maximum Gasteiger partial charge on any atom is 0.265 e. The van der Waals surface area contributed by atoms with E-state index >= 15 is 0 Å². The minimum absolute atomic E-state index is 0.00118. The summed E-state index contributed by atoms with van der Waals surface area (Å²) in [5, 5.41) is 3.36. The molecule has 1 fully saturated rings. The van der Waals surface area contributed by atoms with E-state index in [2.05, 4.69) is 22.3 Å². The van der Waals surface area contributed by atoms with E-state index < -0.39 is 0 Å². The van der Waals surface area contributed by atoms with E-state index in [0.29, 0.717) is 6.54 Å². The third-order valence-corrected chi connectivity index (χ3v) is 4.55. The van der Waals surface area contributed by atoms with Crippen molar-refractivity contribution < 1.29 is 9.53 Å². The van der Waals surface area contributed by atoms with Gasteiger partial charge in [0.05, 0.1) is 12.2 Å². The Morgan fingerprint density at radius 3 is 2.62 bits per heavy atom. The van der Waals surface area contributed by atoms with Crippen LogP contribution in [-0.4, -0.2) is 38.7 Å². The number of benzene rings is 2. The van der Waals surface area contributed by atoms with Crippen LogP contribution in [0.4, 0.5) is 11.4 Å². The fourth-order valence-corrected chi connectivity index (χ4v) is 3.25. The van der Waals surface area contributed by atoms with Gasteiger partial charge >= 0.3 is 0 Å². The van der Waals surface area contributed by atoms with Crippen LogP contribution in [0.25, 0.3) is 0 Å². The second-order valence-corrected chi connectivity index (χ2v) is 6.14. The first-order valence-electron chi connectivity index (χ1n) is 8.38. The summed E-state index contributed by atoms with van der Waals surface area (Å²) in [6, 6.07) is 16.2. The minimum atomic E-state index is 0.00118. The normalized spacial score (nSPS) is 17.4. The highest BCUT2D eigenvalue weighted by Crippen LogP contribution is 2.36. The second kappa shape index (κ2) is 6.53. The average Bonchev–Trinajstić information content (AvgIpc) is 2.65. The van der Waals surface area contributed by atoms with Crippen molar-refractivity contribution in [3.05, 3.63) is 54.1 Å². The zero-order valence-corrected chi connectivity index (χ0v) is 13.6. The zero-order valence-electron chi connectivity index (χ0n) is 13.6. The first-order valence-corrected chi connectivity index (χ1v) is 8.38. The highest BCUT2D eigenvalue weighted by molar-refractivity contribution is 5.98. The van der Waals surface area contributed by atoms with E-state index in [9.17, 15) is 4.79 Å². The number of nitrogens with zero attached hydrogens (tertiary/aromatic N) is 2. The lowest BCUT2D eigenvalue weighted by Gasteiger charge is -2.33. The number of fused-ring (bicyclic) bond motifs is 1. The molecular weight excluding hydrogens is 302 g/mol. The average molecular weight is 323 g/mol. The van der Waals surface area contributed by atoms with Crippen LogP contribution < -0.4 is 19.9 Å². The Balaban J connectivity index is 1.61. The van der Waals surface area contributed by atoms with E-state index in [4.69, 9.17) is 4.74 Å². The summed E-state index contributed by atoms with van der Waals surface area (Å²) in [5.41, 5.74) is 3.13. The van der Waals surface area contributed by atoms with Crippen LogP contribution in [0.15, 0.2) is 48.5 Å². The number of rotatable bonds is 3. The first kappa shape index (κ1) is 15.0. The quantitative estimate of drug-likeness (QED) is 0.939. The number of piperazine rings is 1. The summed E-state index contributed by atoms with van der Waals surface area (Å²) in [4.78, 5) is 16.5. The molecule has 1 N–H and O–H groups in total. The van der Waals surface area contributed by atoms with Gasteiger partial charge in [0.25, 0.3) is 5.91 Å². The number of amides is 1. The largest absolute Gasteiger partial charge is 0.481 e. The minimum Gasteiger partial charge on any atom is -0.481 e. The van der Waals surface area contributed by atoms with E-state index in [1.807, 2.05) is 41.3 Å². The van der Waals surface area contributed by atoms with Gasteiger partial charge in [-0.25, -0.2) is 0 Å². The summed E-state index contributed by atoms with van der Waals surface area (Å²) in [5.74, 6) is 0.794. The van der Waals surface area contributed by atoms with Crippen molar-refractivity contribution in [3.8, 4) is 5.75 Å². The molecule has 0 saturated carbocycles. The fraction of sp³-hybridized carbons (Fsp3) is 0.316. The highest BCUT2D eigenvalue weighted by Gasteiger charge is 2.26. The van der Waals surface area contributed by atoms with Gasteiger partial charge in [0.1, 0.15) is 5.75 Å². The molecule has 1 amide bonds. The highest BCUT2D eigenvalue weighted by atomic mass is 16.5. The van der Waals surface area contributed by atoms with Crippen LogP contribution in [0.1, 0.15) is 5.56 Å². The van der Waals surface area contributed by atoms with Gasteiger partial charge in [-0.3, -0.25) is 4.79 Å². The fourth-order valence-electron chi connectivity index (χ4n) is 3.25. The smallest absolute Gasteiger partial charge is 0.265 e. The summed E-state index contributed by atoms with van der Waals surface area (Å²) in [6.07, 6.45) is 0. The molecule has 5 heteroatoms. The van der Waals surface area contributed by atoms with Gasteiger partial charge < -0.3 is 19.9 Å². The van der Waals surface area contributed by atoms with Crippen LogP contribution in [0.5, 0.6) is 5.75 Å². The van der Waals surface area contributed by atoms with Crippen molar-refractivity contribution in [2.24, 2.45) is 0 Å². The lowest BCUT2D eigenvalue weighted by molar-refractivity contribution is -0.121. The van der Waals surface area contributed by atoms with E-state index in [0.717, 1.165) is 48.9 Å². The molecule has 2 heterocycles. The van der Waals surface area contributed by atoms with E-state index in [-0.39, 0.29) is 12.5 Å². The Morgan fingerprint density at radius 1 is 1.04 bits per heavy atom. The van der Waals surface area contributed by atoms with E-state index in [1.54, 1.807) is 0 Å². The third-order valence-electron chi connectivity index (χ3n) is 4.55. The molecule has 0 spiro atoms. The van der Waals surface area contributed by atoms with Gasteiger partial charge in [-0.05, 0) is 17.7 Å². The molecular formula is C19H21N3O2. The van der Waals surface area contributed by atoms with Gasteiger partial charge in [0.15, 0.2) is 6.61 Å². The molecule has 4 rings (SSSR count). The Labute approximate surface area is 141 Å². The maximum absolute atomic E-state index is 12.3. The van der Waals surface area contributed by atoms with Crippen LogP contribution in [0.2, 0.25) is 0 Å². The van der Waals surface area contributed by atoms with Crippen molar-refractivity contribution in [2.45, 2.75) is 6.54 Å². The van der Waals surface area contributed by atoms with Crippen LogP contribution in [0.3, 0.4) is 0 Å². The Bertz CT molecular complexity index is 727. The molecule has 2 aromatic rings. The maximum atomic E-state index is 12.3. The second-order valence-electron chi connectivity index (χ2n) is 6.14. The van der Waals surface area contributed by atoms with Crippen LogP contribution in [-0.2, 0) is 11.3 Å². The molecule has 0 aliphatic carbocycles. The molecule has 0 bridgehead atoms. The van der Waals surface area contributed by atoms with Crippen LogP contribution in [0, 0.1) is 0 Å². The van der Waals surface area contributed by atoms with Crippen molar-refractivity contribution in [1.82, 2.24) is 5.32 Å². The molecule has 2 aliphatic rings. The predicted octanol–water partition coefficient (Wildman–Crippen LogP) is 2.02. The summed E-state index contributed by atoms with van der Waals surface area (Å²) >= 11 is 0. The number of hydrogen-bond acceptors (Lipinski definition) is 4. The van der Waals surface area contributed by atoms with Gasteiger partial charge in [-0.2, -0.15) is 0 Å². The Kier molecular flexibility index (Phi) is 4.09. The topological polar surface area (TPSA) is 44.8 Å². The summed E-state index contributed by atoms with van der Waals surface area (Å²) in [6.45, 7) is 4.65.